The Morgan fingerprint density at radius 3 is 2.95 bits per heavy atom. The predicted molar refractivity (Wildman–Crippen MR) is 76.4 cm³/mol. The van der Waals surface area contributed by atoms with Crippen molar-refractivity contribution in [1.82, 2.24) is 4.98 Å². The Bertz CT molecular complexity index is 634. The molecular formula is C15H16N2O3. The first-order chi connectivity index (χ1) is 9.75. The molecule has 0 atom stereocenters. The zero-order chi connectivity index (χ0) is 13.9. The van der Waals surface area contributed by atoms with Crippen molar-refractivity contribution in [3.8, 4) is 0 Å². The van der Waals surface area contributed by atoms with Crippen LogP contribution < -0.4 is 4.90 Å². The number of aromatic carboxylic acids is 1. The number of hydrogen-bond acceptors (Lipinski definition) is 4. The molecule has 1 aliphatic heterocycles. The zero-order valence-electron chi connectivity index (χ0n) is 11.1. The fourth-order valence-corrected chi connectivity index (χ4v) is 2.49. The highest BCUT2D eigenvalue weighted by Gasteiger charge is 2.17. The summed E-state index contributed by atoms with van der Waals surface area (Å²) >= 11 is 0. The minimum atomic E-state index is -0.997. The van der Waals surface area contributed by atoms with E-state index in [2.05, 4.69) is 9.88 Å². The maximum Gasteiger partial charge on any atom is 0.354 e. The number of hydrogen-bond donors (Lipinski definition) is 1. The first-order valence-corrected chi connectivity index (χ1v) is 6.71. The van der Waals surface area contributed by atoms with E-state index in [4.69, 9.17) is 4.74 Å². The van der Waals surface area contributed by atoms with Crippen molar-refractivity contribution >= 4 is 22.6 Å². The van der Waals surface area contributed by atoms with Gasteiger partial charge in [0.25, 0.3) is 0 Å². The van der Waals surface area contributed by atoms with Crippen molar-refractivity contribution in [2.75, 3.05) is 31.2 Å². The van der Waals surface area contributed by atoms with Crippen molar-refractivity contribution in [2.24, 2.45) is 0 Å². The van der Waals surface area contributed by atoms with Crippen LogP contribution in [0.25, 0.3) is 10.8 Å². The summed E-state index contributed by atoms with van der Waals surface area (Å²) in [4.78, 5) is 17.7. The molecule has 2 aromatic rings. The maximum absolute atomic E-state index is 11.2. The third-order valence-electron chi connectivity index (χ3n) is 3.46. The Labute approximate surface area is 116 Å². The van der Waals surface area contributed by atoms with Gasteiger partial charge in [-0.2, -0.15) is 0 Å². The molecule has 0 saturated carbocycles. The van der Waals surface area contributed by atoms with Crippen LogP contribution in [0.1, 0.15) is 16.9 Å². The summed E-state index contributed by atoms with van der Waals surface area (Å²) < 4.78 is 5.45. The van der Waals surface area contributed by atoms with Crippen LogP contribution in [-0.4, -0.2) is 42.4 Å². The molecule has 104 valence electrons. The topological polar surface area (TPSA) is 62.7 Å². The molecule has 2 heterocycles. The highest BCUT2D eigenvalue weighted by atomic mass is 16.5. The molecular weight excluding hydrogens is 256 g/mol. The van der Waals surface area contributed by atoms with Gasteiger partial charge in [0.2, 0.25) is 0 Å². The van der Waals surface area contributed by atoms with Gasteiger partial charge >= 0.3 is 5.97 Å². The van der Waals surface area contributed by atoms with E-state index in [-0.39, 0.29) is 5.69 Å². The molecule has 5 heteroatoms. The van der Waals surface area contributed by atoms with E-state index in [0.717, 1.165) is 42.7 Å². The number of anilines is 1. The van der Waals surface area contributed by atoms with E-state index in [1.807, 2.05) is 24.3 Å². The van der Waals surface area contributed by atoms with Gasteiger partial charge in [-0.25, -0.2) is 9.78 Å². The lowest BCUT2D eigenvalue weighted by atomic mass is 10.1. The minimum Gasteiger partial charge on any atom is -0.477 e. The summed E-state index contributed by atoms with van der Waals surface area (Å²) in [6, 6.07) is 9.37. The molecule has 1 N–H and O–H groups in total. The molecule has 0 amide bonds. The maximum atomic E-state index is 11.2. The smallest absolute Gasteiger partial charge is 0.354 e. The predicted octanol–water partition coefficient (Wildman–Crippen LogP) is 2.16. The van der Waals surface area contributed by atoms with Crippen LogP contribution in [0, 0.1) is 0 Å². The first kappa shape index (κ1) is 12.9. The number of rotatable bonds is 2. The van der Waals surface area contributed by atoms with E-state index in [1.54, 1.807) is 6.07 Å². The number of carboxylic acids is 1. The molecule has 20 heavy (non-hydrogen) atoms. The van der Waals surface area contributed by atoms with Crippen molar-refractivity contribution in [1.29, 1.82) is 0 Å². The number of carbonyl (C=O) groups is 1. The number of nitrogens with zero attached hydrogens (tertiary/aromatic N) is 2. The van der Waals surface area contributed by atoms with Crippen LogP contribution in [0.5, 0.6) is 0 Å². The second-order valence-electron chi connectivity index (χ2n) is 4.81. The summed E-state index contributed by atoms with van der Waals surface area (Å²) in [6.07, 6.45) is 0.924. The summed E-state index contributed by atoms with van der Waals surface area (Å²) in [7, 11) is 0. The van der Waals surface area contributed by atoms with Crippen molar-refractivity contribution < 1.29 is 14.6 Å². The van der Waals surface area contributed by atoms with Gasteiger partial charge in [-0.15, -0.1) is 0 Å². The molecule has 1 saturated heterocycles. The Balaban J connectivity index is 2.13. The van der Waals surface area contributed by atoms with Crippen LogP contribution in [0.2, 0.25) is 0 Å². The van der Waals surface area contributed by atoms with Crippen LogP contribution in [0.15, 0.2) is 30.3 Å². The molecule has 0 unspecified atom stereocenters. The second kappa shape index (κ2) is 5.46. The van der Waals surface area contributed by atoms with Gasteiger partial charge in [-0.3, -0.25) is 0 Å². The third-order valence-corrected chi connectivity index (χ3v) is 3.46. The lowest BCUT2D eigenvalue weighted by Crippen LogP contribution is -2.27. The average molecular weight is 272 g/mol. The van der Waals surface area contributed by atoms with Gasteiger partial charge in [0.1, 0.15) is 5.82 Å². The van der Waals surface area contributed by atoms with Crippen LogP contribution >= 0.6 is 0 Å². The first-order valence-electron chi connectivity index (χ1n) is 6.71. The highest BCUT2D eigenvalue weighted by molar-refractivity contribution is 5.98. The normalized spacial score (nSPS) is 16.1. The number of aromatic nitrogens is 1. The summed E-state index contributed by atoms with van der Waals surface area (Å²) in [6.45, 7) is 2.96. The Kier molecular flexibility index (Phi) is 3.52. The van der Waals surface area contributed by atoms with Gasteiger partial charge in [-0.05, 0) is 17.9 Å². The monoisotopic (exact) mass is 272 g/mol. The number of carboxylic acid groups (broad SMARTS) is 1. The van der Waals surface area contributed by atoms with Gasteiger partial charge in [-0.1, -0.05) is 24.3 Å². The van der Waals surface area contributed by atoms with Gasteiger partial charge in [0.05, 0.1) is 6.61 Å². The van der Waals surface area contributed by atoms with Crippen LogP contribution in [0.4, 0.5) is 5.82 Å². The third kappa shape index (κ3) is 2.44. The van der Waals surface area contributed by atoms with Gasteiger partial charge in [0.15, 0.2) is 5.69 Å². The second-order valence-corrected chi connectivity index (χ2v) is 4.81. The molecule has 1 aromatic heterocycles. The van der Waals surface area contributed by atoms with Gasteiger partial charge < -0.3 is 14.7 Å². The van der Waals surface area contributed by atoms with Crippen molar-refractivity contribution in [3.63, 3.8) is 0 Å². The van der Waals surface area contributed by atoms with E-state index in [0.29, 0.717) is 6.61 Å². The van der Waals surface area contributed by atoms with E-state index in [1.165, 1.54) is 0 Å². The zero-order valence-corrected chi connectivity index (χ0v) is 11.1. The fraction of sp³-hybridized carbons (Fsp3) is 0.333. The molecule has 1 aliphatic rings. The summed E-state index contributed by atoms with van der Waals surface area (Å²) in [5.74, 6) is -0.255. The lowest BCUT2D eigenvalue weighted by Gasteiger charge is -2.22. The standard InChI is InChI=1S/C15H16N2O3/c18-15(19)13-10-11-4-1-2-5-12(11)14(16-13)17-6-3-8-20-9-7-17/h1-2,4-5,10H,3,6-9H2,(H,18,19). The average Bonchev–Trinajstić information content (AvgIpc) is 2.75. The molecule has 1 fully saturated rings. The quantitative estimate of drug-likeness (QED) is 0.907. The van der Waals surface area contributed by atoms with E-state index >= 15 is 0 Å². The lowest BCUT2D eigenvalue weighted by molar-refractivity contribution is 0.0691. The molecule has 1 aromatic carbocycles. The molecule has 0 spiro atoms. The van der Waals surface area contributed by atoms with Gasteiger partial charge in [0, 0.05) is 25.1 Å². The Morgan fingerprint density at radius 1 is 1.25 bits per heavy atom. The van der Waals surface area contributed by atoms with Crippen LogP contribution in [0.3, 0.4) is 0 Å². The number of fused-ring (bicyclic) bond motifs is 1. The Morgan fingerprint density at radius 2 is 2.10 bits per heavy atom. The Hall–Kier alpha value is -2.14. The molecule has 3 rings (SSSR count). The fourth-order valence-electron chi connectivity index (χ4n) is 2.49. The number of benzene rings is 1. The molecule has 0 bridgehead atoms. The highest BCUT2D eigenvalue weighted by Crippen LogP contribution is 2.26. The number of pyridine rings is 1. The summed E-state index contributed by atoms with van der Waals surface area (Å²) in [5.41, 5.74) is 0.0869. The molecule has 5 nitrogen and oxygen atoms in total. The SMILES string of the molecule is O=C(O)c1cc2ccccc2c(N2CCCOCC2)n1. The van der Waals surface area contributed by atoms with Crippen LogP contribution in [-0.2, 0) is 4.74 Å². The molecule has 0 aliphatic carbocycles. The van der Waals surface area contributed by atoms with Crippen molar-refractivity contribution in [2.45, 2.75) is 6.42 Å². The van der Waals surface area contributed by atoms with E-state index in [9.17, 15) is 9.90 Å². The number of ether oxygens (including phenoxy) is 1. The van der Waals surface area contributed by atoms with E-state index < -0.39 is 5.97 Å². The largest absolute Gasteiger partial charge is 0.477 e. The minimum absolute atomic E-state index is 0.0869. The summed E-state index contributed by atoms with van der Waals surface area (Å²) in [5, 5.41) is 11.1. The van der Waals surface area contributed by atoms with Crippen molar-refractivity contribution in [3.05, 3.63) is 36.0 Å². The molecule has 0 radical (unpaired) electrons.